The predicted octanol–water partition coefficient (Wildman–Crippen LogP) is 3.82. The summed E-state index contributed by atoms with van der Waals surface area (Å²) in [4.78, 5) is 18.4. The maximum absolute atomic E-state index is 12.7. The highest BCUT2D eigenvalue weighted by Crippen LogP contribution is 2.33. The van der Waals surface area contributed by atoms with Gasteiger partial charge in [0.15, 0.2) is 0 Å². The van der Waals surface area contributed by atoms with Gasteiger partial charge in [-0.1, -0.05) is 23.8 Å². The number of rotatable bonds is 4. The number of pyridine rings is 1. The normalized spacial score (nSPS) is 10.8. The molecular formula is C20H18N5O2S+. The minimum atomic E-state index is -0.361. The Morgan fingerprint density at radius 1 is 1.21 bits per heavy atom. The monoisotopic (exact) mass is 392 g/mol. The van der Waals surface area contributed by atoms with E-state index in [2.05, 4.69) is 15.6 Å². The predicted molar refractivity (Wildman–Crippen MR) is 109 cm³/mol. The quantitative estimate of drug-likeness (QED) is 0.515. The smallest absolute Gasteiger partial charge is 0.303 e. The number of nitrogens with zero attached hydrogens (tertiary/aromatic N) is 3. The van der Waals surface area contributed by atoms with E-state index in [0.717, 1.165) is 27.2 Å². The van der Waals surface area contributed by atoms with Crippen LogP contribution in [0.5, 0.6) is 0 Å². The lowest BCUT2D eigenvalue weighted by Gasteiger charge is -1.98. The van der Waals surface area contributed by atoms with Crippen LogP contribution in [-0.4, -0.2) is 16.2 Å². The van der Waals surface area contributed by atoms with Gasteiger partial charge in [-0.25, -0.2) is 4.98 Å². The topological polar surface area (TPSA) is 97.9 Å². The van der Waals surface area contributed by atoms with Gasteiger partial charge in [0.25, 0.3) is 12.1 Å². The average Bonchev–Trinajstić information content (AvgIpc) is 3.26. The second-order valence-electron chi connectivity index (χ2n) is 6.46. The summed E-state index contributed by atoms with van der Waals surface area (Å²) in [6, 6.07) is 13.2. The number of nitrogens with two attached hydrogens (primary N) is 1. The van der Waals surface area contributed by atoms with Gasteiger partial charge in [-0.05, 0) is 36.7 Å². The fourth-order valence-electron chi connectivity index (χ4n) is 2.73. The summed E-state index contributed by atoms with van der Waals surface area (Å²) in [5.41, 5.74) is 9.39. The van der Waals surface area contributed by atoms with Crippen molar-refractivity contribution < 1.29 is 14.0 Å². The lowest BCUT2D eigenvalue weighted by atomic mass is 10.2. The molecule has 0 saturated heterocycles. The van der Waals surface area contributed by atoms with Crippen LogP contribution in [0.2, 0.25) is 0 Å². The van der Waals surface area contributed by atoms with Crippen LogP contribution in [0.25, 0.3) is 22.0 Å². The molecule has 140 valence electrons. The first-order chi connectivity index (χ1) is 13.5. The highest BCUT2D eigenvalue weighted by Gasteiger charge is 2.21. The number of thiophene rings is 1. The molecule has 4 aromatic rings. The van der Waals surface area contributed by atoms with Crippen LogP contribution in [0.4, 0.5) is 11.6 Å². The third-order valence-corrected chi connectivity index (χ3v) is 5.10. The van der Waals surface area contributed by atoms with Crippen molar-refractivity contribution in [2.45, 2.75) is 13.8 Å². The van der Waals surface area contributed by atoms with Gasteiger partial charge in [0.05, 0.1) is 11.4 Å². The fourth-order valence-corrected chi connectivity index (χ4v) is 3.72. The van der Waals surface area contributed by atoms with Crippen molar-refractivity contribution in [2.24, 2.45) is 0 Å². The van der Waals surface area contributed by atoms with Gasteiger partial charge in [-0.15, -0.1) is 11.3 Å². The molecule has 3 heterocycles. The molecule has 3 aromatic heterocycles. The summed E-state index contributed by atoms with van der Waals surface area (Å²) in [5.74, 6) is -0.135. The first-order valence-corrected chi connectivity index (χ1v) is 9.42. The number of carbonyl (C=O) groups excluding carboxylic acids is 1. The number of fused-ring (bicyclic) bond motifs is 1. The Hall–Kier alpha value is -3.52. The van der Waals surface area contributed by atoms with Crippen molar-refractivity contribution in [2.75, 3.05) is 11.1 Å². The Balaban J connectivity index is 1.60. The van der Waals surface area contributed by atoms with Crippen molar-refractivity contribution in [3.63, 3.8) is 0 Å². The van der Waals surface area contributed by atoms with E-state index in [0.29, 0.717) is 10.6 Å². The molecule has 1 aromatic carbocycles. The molecule has 0 atom stereocenters. The molecule has 0 fully saturated rings. The third kappa shape index (κ3) is 3.49. The molecule has 0 aliphatic heterocycles. The standard InChI is InChI=1S/C20H17N5O2S/c1-12(2)10-13-8-9-15-17(21)18(28-20(15)22-13)19(26)23-16-11-25(24-27-16)14-6-4-3-5-7-14/h3-11H,1-2H3,(H2-,21,23,24,26)/p+1. The molecule has 0 unspecified atom stereocenters. The fraction of sp³-hybridized carbons (Fsp3) is 0.100. The van der Waals surface area contributed by atoms with Crippen LogP contribution in [-0.2, 0) is 0 Å². The number of hydrogen-bond donors (Lipinski definition) is 2. The molecule has 0 bridgehead atoms. The van der Waals surface area contributed by atoms with E-state index in [9.17, 15) is 4.79 Å². The molecule has 3 N–H and O–H groups in total. The SMILES string of the molecule is CC(C)=Cc1ccc2c(N)c(C(=O)Nc3c[n+](-c4ccccc4)no3)sc2n1. The molecular weight excluding hydrogens is 374 g/mol. The van der Waals surface area contributed by atoms with Gasteiger partial charge in [0, 0.05) is 17.5 Å². The summed E-state index contributed by atoms with van der Waals surface area (Å²) in [7, 11) is 0. The number of nitrogens with one attached hydrogen (secondary N) is 1. The van der Waals surface area contributed by atoms with E-state index in [1.54, 1.807) is 6.20 Å². The number of nitrogen functional groups attached to an aromatic ring is 1. The van der Waals surface area contributed by atoms with Gasteiger partial charge in [0.2, 0.25) is 11.0 Å². The van der Waals surface area contributed by atoms with E-state index in [-0.39, 0.29) is 11.8 Å². The van der Waals surface area contributed by atoms with Crippen LogP contribution in [0.3, 0.4) is 0 Å². The molecule has 0 radical (unpaired) electrons. The molecule has 8 heteroatoms. The zero-order valence-corrected chi connectivity index (χ0v) is 16.2. The Morgan fingerprint density at radius 2 is 2.00 bits per heavy atom. The molecule has 4 rings (SSSR count). The Labute approximate surface area is 165 Å². The van der Waals surface area contributed by atoms with E-state index in [1.165, 1.54) is 16.0 Å². The van der Waals surface area contributed by atoms with Gasteiger partial charge >= 0.3 is 5.88 Å². The Morgan fingerprint density at radius 3 is 2.75 bits per heavy atom. The van der Waals surface area contributed by atoms with Crippen molar-refractivity contribution in [1.82, 2.24) is 10.3 Å². The van der Waals surface area contributed by atoms with Gasteiger partial charge < -0.3 is 5.73 Å². The lowest BCUT2D eigenvalue weighted by molar-refractivity contribution is -0.670. The summed E-state index contributed by atoms with van der Waals surface area (Å²) in [5, 5.41) is 7.38. The number of allylic oxidation sites excluding steroid dienone is 1. The number of hydrogen-bond acceptors (Lipinski definition) is 6. The van der Waals surface area contributed by atoms with E-state index in [1.807, 2.05) is 62.4 Å². The van der Waals surface area contributed by atoms with E-state index >= 15 is 0 Å². The largest absolute Gasteiger partial charge is 0.397 e. The first-order valence-electron chi connectivity index (χ1n) is 8.60. The lowest BCUT2D eigenvalue weighted by Crippen LogP contribution is -2.31. The number of carbonyl (C=O) groups is 1. The van der Waals surface area contributed by atoms with Gasteiger partial charge in [-0.3, -0.25) is 14.6 Å². The van der Waals surface area contributed by atoms with Crippen molar-refractivity contribution >= 4 is 45.1 Å². The van der Waals surface area contributed by atoms with Crippen LogP contribution in [0, 0.1) is 0 Å². The molecule has 0 spiro atoms. The summed E-state index contributed by atoms with van der Waals surface area (Å²) in [6.45, 7) is 4.01. The van der Waals surface area contributed by atoms with Crippen LogP contribution >= 0.6 is 11.3 Å². The maximum Gasteiger partial charge on any atom is 0.303 e. The molecule has 1 amide bonds. The number of anilines is 2. The van der Waals surface area contributed by atoms with E-state index in [4.69, 9.17) is 10.3 Å². The minimum Gasteiger partial charge on any atom is -0.397 e. The molecule has 0 aliphatic carbocycles. The number of benzene rings is 1. The Kier molecular flexibility index (Phi) is 4.62. The van der Waals surface area contributed by atoms with Crippen LogP contribution in [0.1, 0.15) is 29.2 Å². The average molecular weight is 392 g/mol. The minimum absolute atomic E-state index is 0.226. The second-order valence-corrected chi connectivity index (χ2v) is 7.45. The van der Waals surface area contributed by atoms with Crippen molar-refractivity contribution in [3.05, 3.63) is 64.8 Å². The number of amides is 1. The summed E-state index contributed by atoms with van der Waals surface area (Å²) >= 11 is 1.25. The van der Waals surface area contributed by atoms with Gasteiger partial charge in [-0.2, -0.15) is 0 Å². The number of para-hydroxylation sites is 1. The second kappa shape index (κ2) is 7.24. The van der Waals surface area contributed by atoms with E-state index < -0.39 is 0 Å². The molecule has 7 nitrogen and oxygen atoms in total. The molecule has 0 saturated carbocycles. The van der Waals surface area contributed by atoms with Crippen molar-refractivity contribution in [1.29, 1.82) is 0 Å². The zero-order valence-electron chi connectivity index (χ0n) is 15.3. The van der Waals surface area contributed by atoms with Crippen LogP contribution in [0.15, 0.2) is 58.8 Å². The highest BCUT2D eigenvalue weighted by atomic mass is 32.1. The zero-order chi connectivity index (χ0) is 19.7. The highest BCUT2D eigenvalue weighted by molar-refractivity contribution is 7.21. The third-order valence-electron chi connectivity index (χ3n) is 3.98. The first kappa shape index (κ1) is 17.9. The van der Waals surface area contributed by atoms with Crippen molar-refractivity contribution in [3.8, 4) is 5.69 Å². The summed E-state index contributed by atoms with van der Waals surface area (Å²) < 4.78 is 6.75. The molecule has 0 aliphatic rings. The van der Waals surface area contributed by atoms with Crippen LogP contribution < -0.4 is 15.7 Å². The summed E-state index contributed by atoms with van der Waals surface area (Å²) in [6.07, 6.45) is 3.58. The number of aromatic nitrogens is 3. The maximum atomic E-state index is 12.7. The Bertz CT molecular complexity index is 1190. The van der Waals surface area contributed by atoms with Gasteiger partial charge in [0.1, 0.15) is 9.71 Å². The molecule has 28 heavy (non-hydrogen) atoms.